The number of nitrogens with two attached hydrogens (primary N) is 1. The smallest absolute Gasteiger partial charge is 0.248 e. The Balaban J connectivity index is 1.52. The van der Waals surface area contributed by atoms with E-state index in [1.165, 1.54) is 23.1 Å². The second kappa shape index (κ2) is 10.4. The quantitative estimate of drug-likeness (QED) is 0.335. The second-order valence-corrected chi connectivity index (χ2v) is 9.17. The third-order valence-corrected chi connectivity index (χ3v) is 7.12. The Hall–Kier alpha value is -3.81. The maximum atomic E-state index is 13.1. The van der Waals surface area contributed by atoms with Gasteiger partial charge in [0.15, 0.2) is 5.16 Å². The number of nitrogens with one attached hydrogen (secondary N) is 1. The van der Waals surface area contributed by atoms with E-state index in [4.69, 9.17) is 10.5 Å². The number of nitrogens with zero attached hydrogens (tertiary/aromatic N) is 4. The molecule has 1 unspecified atom stereocenters. The van der Waals surface area contributed by atoms with Gasteiger partial charge in [-0.25, -0.2) is 0 Å². The summed E-state index contributed by atoms with van der Waals surface area (Å²) in [5.41, 5.74) is 9.19. The van der Waals surface area contributed by atoms with Crippen molar-refractivity contribution < 1.29 is 9.53 Å². The molecule has 4 aromatic rings. The molecule has 0 radical (unpaired) electrons. The zero-order valence-electron chi connectivity index (χ0n) is 18.6. The maximum absolute atomic E-state index is 13.1. The number of nitrogen functional groups attached to an aromatic ring is 1. The molecule has 0 saturated carbocycles. The first-order valence-electron chi connectivity index (χ1n) is 10.4. The van der Waals surface area contributed by atoms with Crippen LogP contribution in [0.3, 0.4) is 0 Å². The molecule has 2 aromatic heterocycles. The lowest BCUT2D eigenvalue weighted by molar-refractivity contribution is -0.118. The Morgan fingerprint density at radius 3 is 2.65 bits per heavy atom. The van der Waals surface area contributed by atoms with Gasteiger partial charge in [0.2, 0.25) is 11.9 Å². The molecular weight excluding hydrogens is 468 g/mol. The molecule has 0 aliphatic heterocycles. The van der Waals surface area contributed by atoms with Gasteiger partial charge in [-0.1, -0.05) is 54.2 Å². The average Bonchev–Trinajstić information content (AvgIpc) is 3.45. The summed E-state index contributed by atoms with van der Waals surface area (Å²) in [6, 6.07) is 18.9. The fourth-order valence-electron chi connectivity index (χ4n) is 3.35. The fraction of sp³-hybridized carbons (Fsp3) is 0.167. The molecule has 0 fully saturated rings. The number of carbonyl (C=O) groups is 1. The molecule has 8 nitrogen and oxygen atoms in total. The van der Waals surface area contributed by atoms with Crippen LogP contribution in [-0.2, 0) is 10.5 Å². The van der Waals surface area contributed by atoms with Crippen molar-refractivity contribution in [2.45, 2.75) is 23.9 Å². The molecular formula is C24H22N6O2S2. The summed E-state index contributed by atoms with van der Waals surface area (Å²) in [5.74, 6) is 1.24. The van der Waals surface area contributed by atoms with Crippen LogP contribution in [0.4, 0.5) is 10.9 Å². The highest BCUT2D eigenvalue weighted by molar-refractivity contribution is 7.98. The first-order valence-corrected chi connectivity index (χ1v) is 12.2. The van der Waals surface area contributed by atoms with Gasteiger partial charge in [0.1, 0.15) is 22.9 Å². The lowest BCUT2D eigenvalue weighted by Gasteiger charge is -2.16. The highest BCUT2D eigenvalue weighted by atomic mass is 32.2. The number of rotatable bonds is 8. The van der Waals surface area contributed by atoms with Gasteiger partial charge in [-0.05, 0) is 30.2 Å². The van der Waals surface area contributed by atoms with Gasteiger partial charge in [0.25, 0.3) is 0 Å². The van der Waals surface area contributed by atoms with E-state index in [0.29, 0.717) is 21.5 Å². The van der Waals surface area contributed by atoms with Crippen molar-refractivity contribution >= 4 is 40.0 Å². The van der Waals surface area contributed by atoms with E-state index < -0.39 is 6.04 Å². The van der Waals surface area contributed by atoms with Crippen LogP contribution >= 0.6 is 23.1 Å². The Bertz CT molecular complexity index is 1330. The summed E-state index contributed by atoms with van der Waals surface area (Å²) in [4.78, 5) is 13.1. The molecule has 0 saturated heterocycles. The van der Waals surface area contributed by atoms with Crippen LogP contribution in [0.5, 0.6) is 5.75 Å². The van der Waals surface area contributed by atoms with E-state index in [1.54, 1.807) is 18.6 Å². The van der Waals surface area contributed by atoms with Gasteiger partial charge in [0.05, 0.1) is 12.7 Å². The van der Waals surface area contributed by atoms with Crippen molar-refractivity contribution in [3.63, 3.8) is 0 Å². The van der Waals surface area contributed by atoms with Gasteiger partial charge in [0, 0.05) is 16.7 Å². The number of methoxy groups -OCH3 is 1. The van der Waals surface area contributed by atoms with Crippen molar-refractivity contribution in [3.05, 3.63) is 71.1 Å². The molecule has 0 bridgehead atoms. The van der Waals surface area contributed by atoms with Crippen LogP contribution in [0.25, 0.3) is 11.1 Å². The van der Waals surface area contributed by atoms with Crippen LogP contribution in [-0.4, -0.2) is 27.8 Å². The van der Waals surface area contributed by atoms with E-state index in [9.17, 15) is 10.1 Å². The fourth-order valence-corrected chi connectivity index (χ4v) is 5.25. The van der Waals surface area contributed by atoms with Crippen molar-refractivity contribution in [2.24, 2.45) is 0 Å². The minimum absolute atomic E-state index is 0.156. The number of thioether (sulfide) groups is 1. The summed E-state index contributed by atoms with van der Waals surface area (Å²) >= 11 is 2.76. The lowest BCUT2D eigenvalue weighted by atomic mass is 10.0. The molecule has 34 heavy (non-hydrogen) atoms. The van der Waals surface area contributed by atoms with Crippen LogP contribution in [0.2, 0.25) is 0 Å². The summed E-state index contributed by atoms with van der Waals surface area (Å²) < 4.78 is 6.80. The zero-order chi connectivity index (χ0) is 24.1. The largest absolute Gasteiger partial charge is 0.497 e. The second-order valence-electron chi connectivity index (χ2n) is 7.34. The molecule has 1 amide bonds. The lowest BCUT2D eigenvalue weighted by Crippen LogP contribution is -2.25. The molecule has 0 spiro atoms. The van der Waals surface area contributed by atoms with Crippen LogP contribution in [0.15, 0.2) is 65.1 Å². The Morgan fingerprint density at radius 2 is 1.97 bits per heavy atom. The van der Waals surface area contributed by atoms with Gasteiger partial charge in [-0.2, -0.15) is 5.26 Å². The van der Waals surface area contributed by atoms with E-state index in [1.807, 2.05) is 60.0 Å². The van der Waals surface area contributed by atoms with Gasteiger partial charge < -0.3 is 15.8 Å². The van der Waals surface area contributed by atoms with Crippen LogP contribution in [0, 0.1) is 11.3 Å². The van der Waals surface area contributed by atoms with Gasteiger partial charge in [-0.15, -0.1) is 21.5 Å². The molecule has 0 aliphatic carbocycles. The Kier molecular flexibility index (Phi) is 7.15. The standard InChI is InChI=1S/C24H22N6O2S2/c1-15(30-23(26)28-29-24(30)34-13-16-6-4-3-5-7-16)21(31)27-22-19(12-25)20(14-33-22)17-8-10-18(32-2)11-9-17/h3-11,14-15H,13H2,1-2H3,(H2,26,28)(H,27,31). The van der Waals surface area contributed by atoms with Crippen molar-refractivity contribution in [1.82, 2.24) is 14.8 Å². The summed E-state index contributed by atoms with van der Waals surface area (Å²) in [6.45, 7) is 1.73. The summed E-state index contributed by atoms with van der Waals surface area (Å²) in [5, 5.41) is 23.7. The number of hydrogen-bond donors (Lipinski definition) is 2. The minimum Gasteiger partial charge on any atom is -0.497 e. The first-order chi connectivity index (χ1) is 16.5. The normalized spacial score (nSPS) is 11.6. The van der Waals surface area contributed by atoms with E-state index in [-0.39, 0.29) is 11.9 Å². The van der Waals surface area contributed by atoms with E-state index in [2.05, 4.69) is 21.6 Å². The molecule has 2 heterocycles. The molecule has 172 valence electrons. The Morgan fingerprint density at radius 1 is 1.24 bits per heavy atom. The number of nitriles is 1. The predicted molar refractivity (Wildman–Crippen MR) is 135 cm³/mol. The third-order valence-electron chi connectivity index (χ3n) is 5.21. The monoisotopic (exact) mass is 490 g/mol. The SMILES string of the molecule is COc1ccc(-c2csc(NC(=O)C(C)n3c(N)nnc3SCc3ccccc3)c2C#N)cc1. The number of ether oxygens (including phenoxy) is 1. The molecule has 0 aliphatic rings. The highest BCUT2D eigenvalue weighted by Gasteiger charge is 2.24. The van der Waals surface area contributed by atoms with Gasteiger partial charge in [-0.3, -0.25) is 9.36 Å². The molecule has 1 atom stereocenters. The van der Waals surface area contributed by atoms with Gasteiger partial charge >= 0.3 is 0 Å². The number of carbonyl (C=O) groups excluding carboxylic acids is 1. The number of thiophene rings is 1. The molecule has 2 aromatic carbocycles. The van der Waals surface area contributed by atoms with Crippen molar-refractivity contribution in [3.8, 4) is 22.9 Å². The highest BCUT2D eigenvalue weighted by Crippen LogP contribution is 2.36. The summed E-state index contributed by atoms with van der Waals surface area (Å²) in [6.07, 6.45) is 0. The number of benzene rings is 2. The zero-order valence-corrected chi connectivity index (χ0v) is 20.2. The molecule has 3 N–H and O–H groups in total. The maximum Gasteiger partial charge on any atom is 0.248 e. The Labute approximate surface area is 205 Å². The number of anilines is 2. The first kappa shape index (κ1) is 23.4. The number of hydrogen-bond acceptors (Lipinski definition) is 8. The number of aromatic nitrogens is 3. The third kappa shape index (κ3) is 4.90. The van der Waals surface area contributed by atoms with Crippen LogP contribution in [0.1, 0.15) is 24.1 Å². The minimum atomic E-state index is -0.675. The number of amides is 1. The molecule has 10 heteroatoms. The summed E-state index contributed by atoms with van der Waals surface area (Å²) in [7, 11) is 1.60. The van der Waals surface area contributed by atoms with Crippen LogP contribution < -0.4 is 15.8 Å². The van der Waals surface area contributed by atoms with Crippen molar-refractivity contribution in [1.29, 1.82) is 5.26 Å². The predicted octanol–water partition coefficient (Wildman–Crippen LogP) is 4.96. The topological polar surface area (TPSA) is 119 Å². The average molecular weight is 491 g/mol. The van der Waals surface area contributed by atoms with E-state index in [0.717, 1.165) is 22.4 Å². The van der Waals surface area contributed by atoms with Crippen molar-refractivity contribution in [2.75, 3.05) is 18.2 Å². The molecule has 4 rings (SSSR count). The van der Waals surface area contributed by atoms with E-state index >= 15 is 0 Å².